The van der Waals surface area contributed by atoms with E-state index < -0.39 is 0 Å². The van der Waals surface area contributed by atoms with Gasteiger partial charge in [-0.05, 0) is 47.5 Å². The number of hydrogen-bond donors (Lipinski definition) is 1. The normalized spacial score (nSPS) is 9.96. The Morgan fingerprint density at radius 1 is 1.08 bits per heavy atom. The van der Waals surface area contributed by atoms with Crippen LogP contribution in [0.2, 0.25) is 5.02 Å². The molecule has 1 N–H and O–H groups in total. The minimum Gasteiger partial charge on any atom is -0.348 e. The lowest BCUT2D eigenvalue weighted by Crippen LogP contribution is -2.23. The van der Waals surface area contributed by atoms with Gasteiger partial charge in [-0.3, -0.25) is 4.79 Å². The van der Waals surface area contributed by atoms with Crippen molar-refractivity contribution in [3.05, 3.63) is 81.2 Å². The van der Waals surface area contributed by atoms with E-state index >= 15 is 0 Å². The van der Waals surface area contributed by atoms with Crippen molar-refractivity contribution in [2.45, 2.75) is 6.54 Å². The summed E-state index contributed by atoms with van der Waals surface area (Å²) in [7, 11) is 0. The first-order valence-corrected chi connectivity index (χ1v) is 8.87. The number of hydrogen-bond acceptors (Lipinski definition) is 4. The Balaban J connectivity index is 1.74. The third-order valence-electron chi connectivity index (χ3n) is 3.72. The van der Waals surface area contributed by atoms with Crippen molar-refractivity contribution in [2.75, 3.05) is 0 Å². The van der Waals surface area contributed by atoms with E-state index in [2.05, 4.69) is 11.4 Å². The number of rotatable bonds is 4. The Bertz CT molecular complexity index is 1060. The van der Waals surface area contributed by atoms with E-state index in [0.29, 0.717) is 22.0 Å². The van der Waals surface area contributed by atoms with Crippen molar-refractivity contribution in [1.29, 1.82) is 10.5 Å². The molecule has 0 aliphatic carbocycles. The average Bonchev–Trinajstić information content (AvgIpc) is 3.16. The fourth-order valence-corrected chi connectivity index (χ4v) is 3.44. The lowest BCUT2D eigenvalue weighted by atomic mass is 10.1. The van der Waals surface area contributed by atoms with Gasteiger partial charge in [0.05, 0.1) is 22.2 Å². The van der Waals surface area contributed by atoms with E-state index in [4.69, 9.17) is 22.1 Å². The molecule has 3 rings (SSSR count). The molecule has 0 aliphatic heterocycles. The van der Waals surface area contributed by atoms with Crippen LogP contribution < -0.4 is 5.32 Å². The van der Waals surface area contributed by atoms with E-state index in [9.17, 15) is 4.79 Å². The standard InChI is InChI=1S/C20H12ClN3OS/c21-18-6-4-13(10-22)9-17(18)20(25)24-12-14-2-1-3-15(8-14)19-7-5-16(11-23)26-19/h1-9H,12H2,(H,24,25). The number of amides is 1. The predicted molar refractivity (Wildman–Crippen MR) is 102 cm³/mol. The minimum absolute atomic E-state index is 0.277. The molecule has 0 aliphatic rings. The van der Waals surface area contributed by atoms with Crippen LogP contribution >= 0.6 is 22.9 Å². The Labute approximate surface area is 159 Å². The number of nitriles is 2. The topological polar surface area (TPSA) is 76.7 Å². The Hall–Kier alpha value is -3.12. The minimum atomic E-state index is -0.333. The Morgan fingerprint density at radius 2 is 1.92 bits per heavy atom. The van der Waals surface area contributed by atoms with Gasteiger partial charge < -0.3 is 5.32 Å². The van der Waals surface area contributed by atoms with E-state index in [1.54, 1.807) is 18.2 Å². The van der Waals surface area contributed by atoms with Gasteiger partial charge in [0.25, 0.3) is 5.91 Å². The first kappa shape index (κ1) is 17.7. The van der Waals surface area contributed by atoms with Crippen LogP contribution in [-0.4, -0.2) is 5.91 Å². The Morgan fingerprint density at radius 3 is 2.65 bits per heavy atom. The fourth-order valence-electron chi connectivity index (χ4n) is 2.43. The highest BCUT2D eigenvalue weighted by Gasteiger charge is 2.11. The van der Waals surface area contributed by atoms with Crippen molar-refractivity contribution in [1.82, 2.24) is 5.32 Å². The Kier molecular flexibility index (Phi) is 5.34. The maximum atomic E-state index is 12.4. The monoisotopic (exact) mass is 377 g/mol. The molecule has 6 heteroatoms. The van der Waals surface area contributed by atoms with Crippen LogP contribution in [0.3, 0.4) is 0 Å². The second kappa shape index (κ2) is 7.84. The average molecular weight is 378 g/mol. The maximum absolute atomic E-state index is 12.4. The molecule has 0 bridgehead atoms. The first-order valence-electron chi connectivity index (χ1n) is 7.68. The van der Waals surface area contributed by atoms with Gasteiger partial charge in [-0.25, -0.2) is 0 Å². The molecule has 4 nitrogen and oxygen atoms in total. The summed E-state index contributed by atoms with van der Waals surface area (Å²) in [5, 5.41) is 21.0. The number of thiophene rings is 1. The fraction of sp³-hybridized carbons (Fsp3) is 0.0500. The lowest BCUT2D eigenvalue weighted by Gasteiger charge is -2.08. The highest BCUT2D eigenvalue weighted by atomic mass is 35.5. The van der Waals surface area contributed by atoms with Crippen LogP contribution in [0.4, 0.5) is 0 Å². The zero-order valence-corrected chi connectivity index (χ0v) is 15.1. The third kappa shape index (κ3) is 3.92. The van der Waals surface area contributed by atoms with Crippen molar-refractivity contribution < 1.29 is 4.79 Å². The molecule has 2 aromatic carbocycles. The van der Waals surface area contributed by atoms with Crippen molar-refractivity contribution in [3.8, 4) is 22.6 Å². The molecule has 1 amide bonds. The van der Waals surface area contributed by atoms with Gasteiger partial charge in [-0.2, -0.15) is 10.5 Å². The summed E-state index contributed by atoms with van der Waals surface area (Å²) in [5.74, 6) is -0.333. The molecule has 0 radical (unpaired) electrons. The molecule has 1 aromatic heterocycles. The van der Waals surface area contributed by atoms with Crippen LogP contribution in [0, 0.1) is 22.7 Å². The number of carbonyl (C=O) groups excluding carboxylic acids is 1. The summed E-state index contributed by atoms with van der Waals surface area (Å²) in [4.78, 5) is 14.0. The van der Waals surface area contributed by atoms with Gasteiger partial charge in [0.2, 0.25) is 0 Å². The molecule has 0 saturated carbocycles. The van der Waals surface area contributed by atoms with Crippen LogP contribution in [0.1, 0.15) is 26.4 Å². The molecular formula is C20H12ClN3OS. The van der Waals surface area contributed by atoms with Gasteiger partial charge in [-0.15, -0.1) is 11.3 Å². The van der Waals surface area contributed by atoms with E-state index in [1.807, 2.05) is 36.4 Å². The van der Waals surface area contributed by atoms with Crippen LogP contribution in [-0.2, 0) is 6.54 Å². The molecule has 1 heterocycles. The maximum Gasteiger partial charge on any atom is 0.253 e. The van der Waals surface area contributed by atoms with E-state index in [0.717, 1.165) is 16.0 Å². The molecule has 3 aromatic rings. The summed E-state index contributed by atoms with van der Waals surface area (Å²) in [6, 6.07) is 20.2. The van der Waals surface area contributed by atoms with Gasteiger partial charge in [0.1, 0.15) is 10.9 Å². The van der Waals surface area contributed by atoms with Crippen molar-refractivity contribution in [3.63, 3.8) is 0 Å². The number of benzene rings is 2. The summed E-state index contributed by atoms with van der Waals surface area (Å²) >= 11 is 7.48. The quantitative estimate of drug-likeness (QED) is 0.713. The van der Waals surface area contributed by atoms with Crippen molar-refractivity contribution in [2.24, 2.45) is 0 Å². The number of nitrogens with zero attached hydrogens (tertiary/aromatic N) is 2. The number of halogens is 1. The highest BCUT2D eigenvalue weighted by Crippen LogP contribution is 2.28. The van der Waals surface area contributed by atoms with Gasteiger partial charge in [0.15, 0.2) is 0 Å². The molecule has 0 saturated heterocycles. The summed E-state index contributed by atoms with van der Waals surface area (Å²) < 4.78 is 0. The van der Waals surface area contributed by atoms with Crippen LogP contribution in [0.15, 0.2) is 54.6 Å². The molecule has 0 spiro atoms. The van der Waals surface area contributed by atoms with E-state index in [1.165, 1.54) is 17.4 Å². The number of nitrogens with one attached hydrogen (secondary N) is 1. The molecular weight excluding hydrogens is 366 g/mol. The second-order valence-corrected chi connectivity index (χ2v) is 6.96. The highest BCUT2D eigenvalue weighted by molar-refractivity contribution is 7.16. The summed E-state index contributed by atoms with van der Waals surface area (Å²) in [6.07, 6.45) is 0. The zero-order chi connectivity index (χ0) is 18.5. The molecule has 0 atom stereocenters. The largest absolute Gasteiger partial charge is 0.348 e. The van der Waals surface area contributed by atoms with Gasteiger partial charge in [-0.1, -0.05) is 29.8 Å². The van der Waals surface area contributed by atoms with Crippen molar-refractivity contribution >= 4 is 28.8 Å². The molecule has 0 fully saturated rings. The van der Waals surface area contributed by atoms with Crippen LogP contribution in [0.25, 0.3) is 10.4 Å². The summed E-state index contributed by atoms with van der Waals surface area (Å²) in [6.45, 7) is 0.330. The van der Waals surface area contributed by atoms with Gasteiger partial charge >= 0.3 is 0 Å². The summed E-state index contributed by atoms with van der Waals surface area (Å²) in [5.41, 5.74) is 2.58. The predicted octanol–water partition coefficient (Wildman–Crippen LogP) is 4.74. The lowest BCUT2D eigenvalue weighted by molar-refractivity contribution is 0.0951. The SMILES string of the molecule is N#Cc1ccc(Cl)c(C(=O)NCc2cccc(-c3ccc(C#N)s3)c2)c1. The number of carbonyl (C=O) groups is 1. The smallest absolute Gasteiger partial charge is 0.253 e. The molecule has 26 heavy (non-hydrogen) atoms. The zero-order valence-electron chi connectivity index (χ0n) is 13.5. The molecule has 126 valence electrons. The molecule has 0 unspecified atom stereocenters. The van der Waals surface area contributed by atoms with Crippen LogP contribution in [0.5, 0.6) is 0 Å². The van der Waals surface area contributed by atoms with Gasteiger partial charge in [0, 0.05) is 11.4 Å². The van der Waals surface area contributed by atoms with E-state index in [-0.39, 0.29) is 11.5 Å². The third-order valence-corrected chi connectivity index (χ3v) is 5.09. The second-order valence-electron chi connectivity index (χ2n) is 5.47. The first-order chi connectivity index (χ1) is 12.6.